The van der Waals surface area contributed by atoms with Crippen LogP contribution >= 0.6 is 0 Å². The Morgan fingerprint density at radius 2 is 1.75 bits per heavy atom. The first-order valence-corrected chi connectivity index (χ1v) is 8.47. The number of carbonyl (C=O) groups excluding carboxylic acids is 1. The molecule has 0 saturated heterocycles. The van der Waals surface area contributed by atoms with Gasteiger partial charge in [-0.1, -0.05) is 18.2 Å². The fourth-order valence-corrected chi connectivity index (χ4v) is 2.85. The molecule has 28 heavy (non-hydrogen) atoms. The number of nitrogens with one attached hydrogen (secondary N) is 1. The van der Waals surface area contributed by atoms with Crippen LogP contribution in [0.3, 0.4) is 0 Å². The number of aromatic carboxylic acids is 1. The van der Waals surface area contributed by atoms with Gasteiger partial charge in [-0.05, 0) is 65.2 Å². The van der Waals surface area contributed by atoms with Crippen molar-refractivity contribution in [2.75, 3.05) is 12.4 Å². The Hall–Kier alpha value is -3.67. The van der Waals surface area contributed by atoms with Gasteiger partial charge in [-0.25, -0.2) is 9.18 Å². The minimum absolute atomic E-state index is 0.0357. The molecule has 0 unspecified atom stereocenters. The summed E-state index contributed by atoms with van der Waals surface area (Å²) >= 11 is 0. The van der Waals surface area contributed by atoms with Gasteiger partial charge in [0.25, 0.3) is 0 Å². The Morgan fingerprint density at radius 1 is 1.04 bits per heavy atom. The molecule has 0 aliphatic carbocycles. The van der Waals surface area contributed by atoms with E-state index in [9.17, 15) is 14.0 Å². The van der Waals surface area contributed by atoms with Crippen LogP contribution in [0.15, 0.2) is 60.7 Å². The third kappa shape index (κ3) is 4.17. The zero-order chi connectivity index (χ0) is 20.3. The van der Waals surface area contributed by atoms with Crippen LogP contribution in [0.25, 0.3) is 16.3 Å². The lowest BCUT2D eigenvalue weighted by molar-refractivity contribution is -0.111. The van der Waals surface area contributed by atoms with Crippen LogP contribution in [0.4, 0.5) is 10.1 Å². The van der Waals surface area contributed by atoms with E-state index in [0.29, 0.717) is 5.57 Å². The summed E-state index contributed by atoms with van der Waals surface area (Å²) in [5.74, 6) is -1.74. The zero-order valence-electron chi connectivity index (χ0n) is 15.3. The Kier molecular flexibility index (Phi) is 5.40. The van der Waals surface area contributed by atoms with Crippen molar-refractivity contribution in [3.63, 3.8) is 0 Å². The molecular formula is C22H18FNO4. The van der Waals surface area contributed by atoms with Gasteiger partial charge in [-0.2, -0.15) is 0 Å². The first kappa shape index (κ1) is 19.1. The first-order chi connectivity index (χ1) is 13.4. The topological polar surface area (TPSA) is 75.6 Å². The smallest absolute Gasteiger partial charge is 0.337 e. The summed E-state index contributed by atoms with van der Waals surface area (Å²) in [7, 11) is 1.61. The van der Waals surface area contributed by atoms with E-state index >= 15 is 0 Å². The van der Waals surface area contributed by atoms with Gasteiger partial charge in [0.1, 0.15) is 11.6 Å². The molecule has 0 radical (unpaired) electrons. The molecule has 0 aromatic heterocycles. The molecule has 2 N–H and O–H groups in total. The van der Waals surface area contributed by atoms with Gasteiger partial charge in [0.15, 0.2) is 0 Å². The largest absolute Gasteiger partial charge is 0.497 e. The Morgan fingerprint density at radius 3 is 2.46 bits per heavy atom. The first-order valence-electron chi connectivity index (χ1n) is 8.47. The molecule has 6 heteroatoms. The van der Waals surface area contributed by atoms with Gasteiger partial charge in [0, 0.05) is 6.08 Å². The molecule has 0 aliphatic heterocycles. The summed E-state index contributed by atoms with van der Waals surface area (Å²) in [6, 6.07) is 14.7. The van der Waals surface area contributed by atoms with Crippen molar-refractivity contribution in [3.8, 4) is 5.75 Å². The molecule has 1 amide bonds. The van der Waals surface area contributed by atoms with Crippen molar-refractivity contribution < 1.29 is 23.8 Å². The summed E-state index contributed by atoms with van der Waals surface area (Å²) in [6.45, 7) is 1.78. The maximum atomic E-state index is 13.3. The summed E-state index contributed by atoms with van der Waals surface area (Å²) < 4.78 is 18.5. The number of methoxy groups -OCH3 is 1. The van der Waals surface area contributed by atoms with Crippen molar-refractivity contribution in [2.45, 2.75) is 6.92 Å². The molecule has 3 aromatic carbocycles. The fraction of sp³-hybridized carbons (Fsp3) is 0.0909. The zero-order valence-corrected chi connectivity index (χ0v) is 15.3. The molecule has 0 spiro atoms. The standard InChI is InChI=1S/C22H18FNO4/c1-13(14-3-4-16-11-18(28-2)7-5-15(16)10-14)9-21(25)24-20-8-6-17(23)12-19(20)22(26)27/h3-12H,1-2H3,(H,24,25)(H,26,27). The summed E-state index contributed by atoms with van der Waals surface area (Å²) in [4.78, 5) is 23.5. The predicted octanol–water partition coefficient (Wildman–Crippen LogP) is 4.73. The molecular weight excluding hydrogens is 361 g/mol. The average Bonchev–Trinajstić information content (AvgIpc) is 2.68. The minimum Gasteiger partial charge on any atom is -0.497 e. The number of ether oxygens (including phenoxy) is 1. The van der Waals surface area contributed by atoms with Crippen LogP contribution in [0, 0.1) is 5.82 Å². The van der Waals surface area contributed by atoms with Gasteiger partial charge < -0.3 is 15.2 Å². The van der Waals surface area contributed by atoms with Crippen molar-refractivity contribution in [2.24, 2.45) is 0 Å². The third-order valence-corrected chi connectivity index (χ3v) is 4.32. The van der Waals surface area contributed by atoms with E-state index in [2.05, 4.69) is 5.32 Å². The van der Waals surface area contributed by atoms with Crippen LogP contribution in [0.2, 0.25) is 0 Å². The van der Waals surface area contributed by atoms with E-state index in [1.54, 1.807) is 14.0 Å². The maximum Gasteiger partial charge on any atom is 0.337 e. The quantitative estimate of drug-likeness (QED) is 0.629. The fourth-order valence-electron chi connectivity index (χ4n) is 2.85. The molecule has 0 bridgehead atoms. The lowest BCUT2D eigenvalue weighted by Gasteiger charge is -2.08. The second-order valence-electron chi connectivity index (χ2n) is 6.24. The normalized spacial score (nSPS) is 11.3. The van der Waals surface area contributed by atoms with Gasteiger partial charge in [0.2, 0.25) is 5.91 Å². The lowest BCUT2D eigenvalue weighted by atomic mass is 10.0. The highest BCUT2D eigenvalue weighted by molar-refractivity contribution is 6.07. The highest BCUT2D eigenvalue weighted by Crippen LogP contribution is 2.25. The Balaban J connectivity index is 1.84. The van der Waals surface area contributed by atoms with E-state index in [1.807, 2.05) is 36.4 Å². The van der Waals surface area contributed by atoms with Crippen molar-refractivity contribution >= 4 is 33.9 Å². The third-order valence-electron chi connectivity index (χ3n) is 4.32. The van der Waals surface area contributed by atoms with Gasteiger partial charge in [-0.3, -0.25) is 4.79 Å². The lowest BCUT2D eigenvalue weighted by Crippen LogP contribution is -2.12. The van der Waals surface area contributed by atoms with E-state index in [4.69, 9.17) is 9.84 Å². The van der Waals surface area contributed by atoms with Crippen LogP contribution in [-0.4, -0.2) is 24.1 Å². The van der Waals surface area contributed by atoms with Crippen LogP contribution in [-0.2, 0) is 4.79 Å². The number of halogens is 1. The summed E-state index contributed by atoms with van der Waals surface area (Å²) in [5, 5.41) is 13.7. The molecule has 5 nitrogen and oxygen atoms in total. The number of hydrogen-bond acceptors (Lipinski definition) is 3. The molecule has 142 valence electrons. The van der Waals surface area contributed by atoms with E-state index in [1.165, 1.54) is 12.1 Å². The molecule has 0 saturated carbocycles. The number of benzene rings is 3. The Labute approximate surface area is 161 Å². The number of carboxylic acid groups (broad SMARTS) is 1. The summed E-state index contributed by atoms with van der Waals surface area (Å²) in [5.41, 5.74) is 1.28. The van der Waals surface area contributed by atoms with E-state index in [0.717, 1.165) is 34.2 Å². The Bertz CT molecular complexity index is 1100. The van der Waals surface area contributed by atoms with Crippen LogP contribution in [0.1, 0.15) is 22.8 Å². The number of rotatable bonds is 5. The van der Waals surface area contributed by atoms with Gasteiger partial charge >= 0.3 is 5.97 Å². The number of amides is 1. The van der Waals surface area contributed by atoms with E-state index < -0.39 is 17.7 Å². The average molecular weight is 379 g/mol. The number of allylic oxidation sites excluding steroid dienone is 1. The number of carbonyl (C=O) groups is 2. The van der Waals surface area contributed by atoms with Crippen molar-refractivity contribution in [3.05, 3.63) is 77.6 Å². The van der Waals surface area contributed by atoms with Crippen LogP contribution < -0.4 is 10.1 Å². The van der Waals surface area contributed by atoms with Crippen molar-refractivity contribution in [1.82, 2.24) is 0 Å². The highest BCUT2D eigenvalue weighted by atomic mass is 19.1. The molecule has 3 aromatic rings. The molecule has 0 aliphatic rings. The molecule has 0 heterocycles. The minimum atomic E-state index is -1.32. The second-order valence-corrected chi connectivity index (χ2v) is 6.24. The highest BCUT2D eigenvalue weighted by Gasteiger charge is 2.13. The number of hydrogen-bond donors (Lipinski definition) is 2. The number of fused-ring (bicyclic) bond motifs is 1. The summed E-state index contributed by atoms with van der Waals surface area (Å²) in [6.07, 6.45) is 1.37. The van der Waals surface area contributed by atoms with E-state index in [-0.39, 0.29) is 11.3 Å². The van der Waals surface area contributed by atoms with Gasteiger partial charge in [0.05, 0.1) is 18.4 Å². The SMILES string of the molecule is COc1ccc2cc(C(C)=CC(=O)Nc3ccc(F)cc3C(=O)O)ccc2c1. The van der Waals surface area contributed by atoms with Crippen molar-refractivity contribution in [1.29, 1.82) is 0 Å². The second kappa shape index (κ2) is 7.92. The molecule has 3 rings (SSSR count). The number of carboxylic acids is 1. The predicted molar refractivity (Wildman–Crippen MR) is 106 cm³/mol. The molecule has 0 fully saturated rings. The van der Waals surface area contributed by atoms with Gasteiger partial charge in [-0.15, -0.1) is 0 Å². The number of anilines is 1. The maximum absolute atomic E-state index is 13.3. The monoisotopic (exact) mass is 379 g/mol. The molecule has 0 atom stereocenters. The van der Waals surface area contributed by atoms with Crippen LogP contribution in [0.5, 0.6) is 5.75 Å².